The van der Waals surface area contributed by atoms with Gasteiger partial charge in [-0.1, -0.05) is 6.58 Å². The smallest absolute Gasteiger partial charge is 0.296 e. The molecule has 92 valence electrons. The lowest BCUT2D eigenvalue weighted by Gasteiger charge is -2.09. The lowest BCUT2D eigenvalue weighted by molar-refractivity contribution is -0.111. The first-order valence-corrected chi connectivity index (χ1v) is 5.91. The summed E-state index contributed by atoms with van der Waals surface area (Å²) >= 11 is 0. The van der Waals surface area contributed by atoms with Crippen molar-refractivity contribution in [2.24, 2.45) is 0 Å². The number of benzene rings is 1. The Balaban J connectivity index is 3.30. The van der Waals surface area contributed by atoms with E-state index in [9.17, 15) is 13.2 Å². The minimum absolute atomic E-state index is 0.0433. The number of amides is 1. The van der Waals surface area contributed by atoms with Crippen LogP contribution < -0.4 is 10.1 Å². The highest BCUT2D eigenvalue weighted by Crippen LogP contribution is 2.26. The van der Waals surface area contributed by atoms with Gasteiger partial charge in [-0.2, -0.15) is 8.42 Å². The summed E-state index contributed by atoms with van der Waals surface area (Å²) in [5.74, 6) is -0.339. The van der Waals surface area contributed by atoms with Crippen molar-refractivity contribution >= 4 is 21.7 Å². The molecule has 6 nitrogen and oxygen atoms in total. The molecule has 7 heteroatoms. The van der Waals surface area contributed by atoms with E-state index in [-0.39, 0.29) is 11.4 Å². The Bertz CT molecular complexity index is 550. The Hall–Kier alpha value is -1.86. The summed E-state index contributed by atoms with van der Waals surface area (Å²) in [4.78, 5) is 10.6. The first kappa shape index (κ1) is 13.2. The highest BCUT2D eigenvalue weighted by molar-refractivity contribution is 7.86. The van der Waals surface area contributed by atoms with Gasteiger partial charge in [-0.15, -0.1) is 0 Å². The molecule has 0 saturated carbocycles. The zero-order valence-electron chi connectivity index (χ0n) is 9.00. The van der Waals surface area contributed by atoms with Gasteiger partial charge in [0, 0.05) is 6.07 Å². The molecule has 0 aromatic heterocycles. The van der Waals surface area contributed by atoms with E-state index in [0.717, 1.165) is 12.1 Å². The van der Waals surface area contributed by atoms with E-state index in [4.69, 9.17) is 9.29 Å². The number of carbonyl (C=O) groups is 1. The molecular weight excluding hydrogens is 246 g/mol. The topological polar surface area (TPSA) is 92.7 Å². The number of rotatable bonds is 4. The molecule has 1 aromatic carbocycles. The Morgan fingerprint density at radius 2 is 2.18 bits per heavy atom. The minimum atomic E-state index is -4.45. The molecule has 1 rings (SSSR count). The lowest BCUT2D eigenvalue weighted by Crippen LogP contribution is -2.11. The summed E-state index contributed by atoms with van der Waals surface area (Å²) in [5, 5.41) is 2.27. The molecule has 1 aromatic rings. The van der Waals surface area contributed by atoms with Crippen LogP contribution in [0.5, 0.6) is 5.75 Å². The quantitative estimate of drug-likeness (QED) is 0.621. The Labute approximate surface area is 98.7 Å². The third kappa shape index (κ3) is 3.30. The Kier molecular flexibility index (Phi) is 3.87. The van der Waals surface area contributed by atoms with Crippen molar-refractivity contribution in [1.82, 2.24) is 0 Å². The number of anilines is 1. The van der Waals surface area contributed by atoms with Crippen molar-refractivity contribution in [3.05, 3.63) is 30.9 Å². The summed E-state index contributed by atoms with van der Waals surface area (Å²) in [6, 6.07) is 3.87. The zero-order valence-corrected chi connectivity index (χ0v) is 9.82. The highest BCUT2D eigenvalue weighted by atomic mass is 32.2. The molecule has 0 atom stereocenters. The van der Waals surface area contributed by atoms with E-state index in [1.807, 2.05) is 0 Å². The van der Waals surface area contributed by atoms with Gasteiger partial charge in [0.15, 0.2) is 0 Å². The van der Waals surface area contributed by atoms with Gasteiger partial charge in [-0.05, 0) is 18.2 Å². The van der Waals surface area contributed by atoms with E-state index >= 15 is 0 Å². The Morgan fingerprint density at radius 1 is 1.53 bits per heavy atom. The second-order valence-corrected chi connectivity index (χ2v) is 4.42. The molecule has 0 aliphatic rings. The van der Waals surface area contributed by atoms with Gasteiger partial charge in [0.2, 0.25) is 5.91 Å². The molecule has 0 heterocycles. The first-order chi connectivity index (χ1) is 7.88. The van der Waals surface area contributed by atoms with Crippen LogP contribution >= 0.6 is 0 Å². The SMILES string of the molecule is C=CC(=O)Nc1ccc(OC)cc1S(=O)(=O)O. The fourth-order valence-corrected chi connectivity index (χ4v) is 1.79. The largest absolute Gasteiger partial charge is 0.497 e. The fourth-order valence-electron chi connectivity index (χ4n) is 1.13. The molecular formula is C10H11NO5S. The number of carbonyl (C=O) groups excluding carboxylic acids is 1. The third-order valence-corrected chi connectivity index (χ3v) is 2.80. The molecule has 0 radical (unpaired) electrons. The molecule has 0 fully saturated rings. The van der Waals surface area contributed by atoms with Gasteiger partial charge in [0.25, 0.3) is 10.1 Å². The van der Waals surface area contributed by atoms with Gasteiger partial charge in [0.05, 0.1) is 12.8 Å². The summed E-state index contributed by atoms with van der Waals surface area (Å²) < 4.78 is 36.1. The predicted molar refractivity (Wildman–Crippen MR) is 61.6 cm³/mol. The maximum Gasteiger partial charge on any atom is 0.296 e. The fraction of sp³-hybridized carbons (Fsp3) is 0.100. The number of nitrogens with one attached hydrogen (secondary N) is 1. The number of hydrogen-bond acceptors (Lipinski definition) is 4. The molecule has 1 amide bonds. The maximum absolute atomic E-state index is 11.1. The van der Waals surface area contributed by atoms with Crippen LogP contribution in [0.25, 0.3) is 0 Å². The summed E-state index contributed by atoms with van der Waals surface area (Å²) in [6.07, 6.45) is 0.984. The second kappa shape index (κ2) is 4.98. The van der Waals surface area contributed by atoms with Crippen LogP contribution in [0, 0.1) is 0 Å². The number of methoxy groups -OCH3 is 1. The molecule has 0 bridgehead atoms. The Morgan fingerprint density at radius 3 is 2.65 bits per heavy atom. The second-order valence-electron chi connectivity index (χ2n) is 3.03. The molecule has 0 unspecified atom stereocenters. The molecule has 0 spiro atoms. The van der Waals surface area contributed by atoms with Crippen LogP contribution in [0.4, 0.5) is 5.69 Å². The molecule has 17 heavy (non-hydrogen) atoms. The van der Waals surface area contributed by atoms with E-state index in [1.54, 1.807) is 0 Å². The van der Waals surface area contributed by atoms with Gasteiger partial charge in [-0.3, -0.25) is 9.35 Å². The van der Waals surface area contributed by atoms with Crippen LogP contribution in [0.3, 0.4) is 0 Å². The van der Waals surface area contributed by atoms with Crippen molar-refractivity contribution in [2.45, 2.75) is 4.90 Å². The van der Waals surface area contributed by atoms with Crippen LogP contribution in [0.1, 0.15) is 0 Å². The molecule has 2 N–H and O–H groups in total. The van der Waals surface area contributed by atoms with E-state index < -0.39 is 20.9 Å². The van der Waals surface area contributed by atoms with Crippen molar-refractivity contribution in [3.8, 4) is 5.75 Å². The monoisotopic (exact) mass is 257 g/mol. The van der Waals surface area contributed by atoms with Crippen molar-refractivity contribution < 1.29 is 22.5 Å². The first-order valence-electron chi connectivity index (χ1n) is 4.47. The van der Waals surface area contributed by atoms with Gasteiger partial charge in [-0.25, -0.2) is 0 Å². The van der Waals surface area contributed by atoms with Gasteiger partial charge < -0.3 is 10.1 Å². The third-order valence-electron chi connectivity index (χ3n) is 1.91. The van der Waals surface area contributed by atoms with Crippen molar-refractivity contribution in [3.63, 3.8) is 0 Å². The van der Waals surface area contributed by atoms with Crippen molar-refractivity contribution in [2.75, 3.05) is 12.4 Å². The van der Waals surface area contributed by atoms with Gasteiger partial charge in [0.1, 0.15) is 10.6 Å². The highest BCUT2D eigenvalue weighted by Gasteiger charge is 2.17. The number of ether oxygens (including phenoxy) is 1. The minimum Gasteiger partial charge on any atom is -0.497 e. The zero-order chi connectivity index (χ0) is 13.1. The average molecular weight is 257 g/mol. The number of hydrogen-bond donors (Lipinski definition) is 2. The van der Waals surface area contributed by atoms with Crippen LogP contribution in [-0.2, 0) is 14.9 Å². The van der Waals surface area contributed by atoms with E-state index in [1.165, 1.54) is 19.2 Å². The summed E-state index contributed by atoms with van der Waals surface area (Å²) in [6.45, 7) is 3.23. The maximum atomic E-state index is 11.1. The summed E-state index contributed by atoms with van der Waals surface area (Å²) in [5.41, 5.74) is -0.0433. The van der Waals surface area contributed by atoms with Crippen LogP contribution in [0.15, 0.2) is 35.7 Å². The summed E-state index contributed by atoms with van der Waals surface area (Å²) in [7, 11) is -3.10. The normalized spacial score (nSPS) is 10.7. The molecule has 0 aliphatic carbocycles. The van der Waals surface area contributed by atoms with Gasteiger partial charge >= 0.3 is 0 Å². The molecule has 0 saturated heterocycles. The lowest BCUT2D eigenvalue weighted by atomic mass is 10.3. The standard InChI is InChI=1S/C10H11NO5S/c1-3-10(12)11-8-5-4-7(16-2)6-9(8)17(13,14)15/h3-6H,1H2,2H3,(H,11,12)(H,13,14,15). The van der Waals surface area contributed by atoms with Crippen LogP contribution in [-0.4, -0.2) is 26.0 Å². The van der Waals surface area contributed by atoms with Crippen molar-refractivity contribution in [1.29, 1.82) is 0 Å². The van der Waals surface area contributed by atoms with Crippen LogP contribution in [0.2, 0.25) is 0 Å². The molecule has 0 aliphatic heterocycles. The van der Waals surface area contributed by atoms with E-state index in [2.05, 4.69) is 11.9 Å². The predicted octanol–water partition coefficient (Wildman–Crippen LogP) is 1.07. The average Bonchev–Trinajstić information content (AvgIpc) is 2.28. The van der Waals surface area contributed by atoms with E-state index in [0.29, 0.717) is 0 Å².